The minimum atomic E-state index is 0.133. The molecule has 2 fully saturated rings. The number of aromatic nitrogens is 2. The molecule has 19 heavy (non-hydrogen) atoms. The Kier molecular flexibility index (Phi) is 3.80. The molecular formula is C15H23N3O. The lowest BCUT2D eigenvalue weighted by molar-refractivity contribution is 0.0170. The zero-order valence-electron chi connectivity index (χ0n) is 11.5. The summed E-state index contributed by atoms with van der Waals surface area (Å²) in [5.41, 5.74) is 0.133. The van der Waals surface area contributed by atoms with E-state index in [9.17, 15) is 5.11 Å². The molecule has 1 aromatic rings. The maximum atomic E-state index is 9.84. The maximum Gasteiger partial charge on any atom is 0.142 e. The van der Waals surface area contributed by atoms with E-state index in [0.717, 1.165) is 31.4 Å². The molecular weight excluding hydrogens is 238 g/mol. The first-order valence-corrected chi connectivity index (χ1v) is 7.39. The molecule has 1 aliphatic heterocycles. The van der Waals surface area contributed by atoms with Crippen LogP contribution in [-0.4, -0.2) is 39.7 Å². The molecule has 0 radical (unpaired) electrons. The monoisotopic (exact) mass is 261 g/mol. The van der Waals surface area contributed by atoms with E-state index in [0.29, 0.717) is 6.61 Å². The van der Waals surface area contributed by atoms with Gasteiger partial charge in [-0.05, 0) is 37.8 Å². The van der Waals surface area contributed by atoms with Crippen molar-refractivity contribution in [1.29, 1.82) is 0 Å². The second kappa shape index (κ2) is 5.55. The molecule has 3 rings (SSSR count). The summed E-state index contributed by atoms with van der Waals surface area (Å²) >= 11 is 0. The van der Waals surface area contributed by atoms with E-state index < -0.39 is 0 Å². The van der Waals surface area contributed by atoms with Crippen LogP contribution in [0, 0.1) is 11.3 Å². The quantitative estimate of drug-likeness (QED) is 0.879. The third kappa shape index (κ3) is 3.31. The SMILES string of the molecule is OC[C@]1(CC2CC2)CCCN(Cc2ncccn2)C1. The highest BCUT2D eigenvalue weighted by atomic mass is 16.3. The molecule has 2 heterocycles. The Morgan fingerprint density at radius 1 is 1.32 bits per heavy atom. The van der Waals surface area contributed by atoms with Crippen LogP contribution in [0.5, 0.6) is 0 Å². The molecule has 1 aliphatic carbocycles. The first-order chi connectivity index (χ1) is 9.30. The summed E-state index contributed by atoms with van der Waals surface area (Å²) in [6.45, 7) is 3.24. The van der Waals surface area contributed by atoms with Crippen molar-refractivity contribution in [2.75, 3.05) is 19.7 Å². The molecule has 1 N–H and O–H groups in total. The number of piperidine rings is 1. The number of aliphatic hydroxyl groups is 1. The number of likely N-dealkylation sites (tertiary alicyclic amines) is 1. The van der Waals surface area contributed by atoms with E-state index in [2.05, 4.69) is 14.9 Å². The predicted molar refractivity (Wildman–Crippen MR) is 73.4 cm³/mol. The van der Waals surface area contributed by atoms with Gasteiger partial charge < -0.3 is 5.11 Å². The Hall–Kier alpha value is -1.00. The van der Waals surface area contributed by atoms with Crippen LogP contribution >= 0.6 is 0 Å². The Labute approximate surface area is 114 Å². The minimum absolute atomic E-state index is 0.133. The molecule has 4 nitrogen and oxygen atoms in total. The lowest BCUT2D eigenvalue weighted by Gasteiger charge is -2.42. The van der Waals surface area contributed by atoms with Crippen molar-refractivity contribution < 1.29 is 5.11 Å². The van der Waals surface area contributed by atoms with E-state index in [1.165, 1.54) is 32.1 Å². The van der Waals surface area contributed by atoms with Gasteiger partial charge in [0.15, 0.2) is 0 Å². The highest BCUT2D eigenvalue weighted by Gasteiger charge is 2.39. The second-order valence-corrected chi connectivity index (χ2v) is 6.28. The average molecular weight is 261 g/mol. The standard InChI is InChI=1S/C15H23N3O/c19-12-15(9-13-3-4-13)5-1-8-18(11-15)10-14-16-6-2-7-17-14/h2,6-7,13,19H,1,3-5,8-12H2/t15-/m0/s1. The molecule has 2 aliphatic rings. The van der Waals surface area contributed by atoms with E-state index in [1.807, 2.05) is 6.07 Å². The van der Waals surface area contributed by atoms with Crippen molar-refractivity contribution in [3.05, 3.63) is 24.3 Å². The van der Waals surface area contributed by atoms with Crippen molar-refractivity contribution in [3.8, 4) is 0 Å². The lowest BCUT2D eigenvalue weighted by atomic mass is 9.76. The third-order valence-corrected chi connectivity index (χ3v) is 4.48. The molecule has 104 valence electrons. The Morgan fingerprint density at radius 3 is 2.79 bits per heavy atom. The molecule has 1 saturated carbocycles. The number of hydrogen-bond donors (Lipinski definition) is 1. The summed E-state index contributed by atoms with van der Waals surface area (Å²) in [6.07, 6.45) is 9.89. The molecule has 0 amide bonds. The van der Waals surface area contributed by atoms with E-state index in [4.69, 9.17) is 0 Å². The Morgan fingerprint density at radius 2 is 2.11 bits per heavy atom. The smallest absolute Gasteiger partial charge is 0.142 e. The zero-order chi connectivity index (χ0) is 13.1. The Bertz CT molecular complexity index is 407. The van der Waals surface area contributed by atoms with Gasteiger partial charge in [-0.15, -0.1) is 0 Å². The van der Waals surface area contributed by atoms with E-state index in [1.54, 1.807) is 12.4 Å². The van der Waals surface area contributed by atoms with Crippen LogP contribution < -0.4 is 0 Å². The fraction of sp³-hybridized carbons (Fsp3) is 0.733. The fourth-order valence-corrected chi connectivity index (χ4v) is 3.35. The van der Waals surface area contributed by atoms with Crippen LogP contribution in [0.25, 0.3) is 0 Å². The topological polar surface area (TPSA) is 49.2 Å². The summed E-state index contributed by atoms with van der Waals surface area (Å²) in [6, 6.07) is 1.85. The molecule has 0 bridgehead atoms. The van der Waals surface area contributed by atoms with Crippen LogP contribution in [-0.2, 0) is 6.54 Å². The van der Waals surface area contributed by atoms with Crippen molar-refractivity contribution >= 4 is 0 Å². The van der Waals surface area contributed by atoms with Crippen LogP contribution in [0.3, 0.4) is 0 Å². The van der Waals surface area contributed by atoms with E-state index >= 15 is 0 Å². The molecule has 0 aromatic carbocycles. The zero-order valence-corrected chi connectivity index (χ0v) is 11.5. The largest absolute Gasteiger partial charge is 0.396 e. The van der Waals surface area contributed by atoms with Crippen LogP contribution in [0.2, 0.25) is 0 Å². The summed E-state index contributed by atoms with van der Waals surface area (Å²) in [4.78, 5) is 11.0. The van der Waals surface area contributed by atoms with Crippen LogP contribution in [0.4, 0.5) is 0 Å². The number of nitrogens with zero attached hydrogens (tertiary/aromatic N) is 3. The van der Waals surface area contributed by atoms with Gasteiger partial charge in [-0.3, -0.25) is 4.90 Å². The molecule has 4 heteroatoms. The van der Waals surface area contributed by atoms with Gasteiger partial charge in [0.2, 0.25) is 0 Å². The summed E-state index contributed by atoms with van der Waals surface area (Å²) in [7, 11) is 0. The minimum Gasteiger partial charge on any atom is -0.396 e. The predicted octanol–water partition coefficient (Wildman–Crippen LogP) is 1.85. The van der Waals surface area contributed by atoms with Gasteiger partial charge in [-0.2, -0.15) is 0 Å². The highest BCUT2D eigenvalue weighted by Crippen LogP contribution is 2.44. The summed E-state index contributed by atoms with van der Waals surface area (Å²) in [5, 5.41) is 9.84. The van der Waals surface area contributed by atoms with Gasteiger partial charge in [-0.1, -0.05) is 12.8 Å². The first-order valence-electron chi connectivity index (χ1n) is 7.39. The summed E-state index contributed by atoms with van der Waals surface area (Å²) < 4.78 is 0. The Balaban J connectivity index is 1.63. The van der Waals surface area contributed by atoms with Crippen molar-refractivity contribution in [2.45, 2.75) is 38.6 Å². The first kappa shape index (κ1) is 13.0. The number of hydrogen-bond acceptors (Lipinski definition) is 4. The normalized spacial score (nSPS) is 28.5. The van der Waals surface area contributed by atoms with Gasteiger partial charge in [0.05, 0.1) is 6.54 Å². The number of rotatable bonds is 5. The van der Waals surface area contributed by atoms with E-state index in [-0.39, 0.29) is 5.41 Å². The number of aliphatic hydroxyl groups excluding tert-OH is 1. The van der Waals surface area contributed by atoms with Crippen molar-refractivity contribution in [1.82, 2.24) is 14.9 Å². The molecule has 0 unspecified atom stereocenters. The second-order valence-electron chi connectivity index (χ2n) is 6.28. The summed E-state index contributed by atoms with van der Waals surface area (Å²) in [5.74, 6) is 1.77. The van der Waals surface area contributed by atoms with Gasteiger partial charge in [-0.25, -0.2) is 9.97 Å². The van der Waals surface area contributed by atoms with Gasteiger partial charge in [0.25, 0.3) is 0 Å². The highest BCUT2D eigenvalue weighted by molar-refractivity contribution is 4.94. The maximum absolute atomic E-state index is 9.84. The molecule has 1 aromatic heterocycles. The molecule has 1 saturated heterocycles. The van der Waals surface area contributed by atoms with Crippen LogP contribution in [0.15, 0.2) is 18.5 Å². The third-order valence-electron chi connectivity index (χ3n) is 4.48. The fourth-order valence-electron chi connectivity index (χ4n) is 3.35. The lowest BCUT2D eigenvalue weighted by Crippen LogP contribution is -2.45. The average Bonchev–Trinajstić information content (AvgIpc) is 3.24. The van der Waals surface area contributed by atoms with Crippen molar-refractivity contribution in [2.24, 2.45) is 11.3 Å². The molecule has 1 atom stereocenters. The molecule has 0 spiro atoms. The van der Waals surface area contributed by atoms with Gasteiger partial charge >= 0.3 is 0 Å². The van der Waals surface area contributed by atoms with Gasteiger partial charge in [0.1, 0.15) is 5.82 Å². The van der Waals surface area contributed by atoms with Crippen molar-refractivity contribution in [3.63, 3.8) is 0 Å². The van der Waals surface area contributed by atoms with Crippen LogP contribution in [0.1, 0.15) is 37.9 Å². The van der Waals surface area contributed by atoms with Gasteiger partial charge in [0, 0.05) is 31.0 Å².